The van der Waals surface area contributed by atoms with E-state index < -0.39 is 0 Å². The average Bonchev–Trinajstić information content (AvgIpc) is 2.61. The fraction of sp³-hybridized carbons (Fsp3) is 0.368. The van der Waals surface area contributed by atoms with Crippen LogP contribution >= 0.6 is 11.8 Å². The van der Waals surface area contributed by atoms with Crippen molar-refractivity contribution in [1.82, 2.24) is 9.97 Å². The Balaban J connectivity index is 2.10. The number of aryl methyl sites for hydroxylation is 2. The third kappa shape index (κ3) is 5.74. The van der Waals surface area contributed by atoms with Gasteiger partial charge in [0, 0.05) is 24.0 Å². The summed E-state index contributed by atoms with van der Waals surface area (Å²) in [7, 11) is 0. The van der Waals surface area contributed by atoms with Crippen molar-refractivity contribution in [3.63, 3.8) is 0 Å². The minimum absolute atomic E-state index is 0.127. The minimum atomic E-state index is -0.210. The van der Waals surface area contributed by atoms with E-state index in [9.17, 15) is 9.59 Å². The molecule has 0 bridgehead atoms. The van der Waals surface area contributed by atoms with Crippen LogP contribution in [0.4, 0.5) is 5.69 Å². The number of H-pyrrole nitrogens is 1. The second kappa shape index (κ2) is 9.78. The van der Waals surface area contributed by atoms with Gasteiger partial charge in [0.05, 0.1) is 18.2 Å². The average molecular weight is 370 g/mol. The summed E-state index contributed by atoms with van der Waals surface area (Å²) in [5.41, 5.74) is 2.38. The first-order valence-corrected chi connectivity index (χ1v) is 9.49. The predicted molar refractivity (Wildman–Crippen MR) is 103 cm³/mol. The number of rotatable bonds is 8. The molecule has 0 saturated carbocycles. The maximum Gasteiger partial charge on any atom is 0.251 e. The smallest absolute Gasteiger partial charge is 0.251 e. The summed E-state index contributed by atoms with van der Waals surface area (Å²) in [5.74, 6) is 0.00955. The van der Waals surface area contributed by atoms with E-state index in [1.807, 2.05) is 38.1 Å². The van der Waals surface area contributed by atoms with Crippen molar-refractivity contribution < 1.29 is 4.79 Å². The Morgan fingerprint density at radius 2 is 2.08 bits per heavy atom. The van der Waals surface area contributed by atoms with E-state index in [1.165, 1.54) is 17.8 Å². The Hall–Kier alpha value is -2.59. The molecular formula is C19H22N4O2S. The van der Waals surface area contributed by atoms with Gasteiger partial charge >= 0.3 is 0 Å². The second-order valence-corrected chi connectivity index (χ2v) is 6.83. The maximum atomic E-state index is 12.7. The molecule has 6 nitrogen and oxygen atoms in total. The number of carbonyl (C=O) groups excluding carboxylic acids is 1. The Bertz CT molecular complexity index is 840. The topological polar surface area (TPSA) is 89.9 Å². The Morgan fingerprint density at radius 3 is 2.73 bits per heavy atom. The van der Waals surface area contributed by atoms with Gasteiger partial charge in [-0.05, 0) is 25.5 Å². The molecule has 1 N–H and O–H groups in total. The number of anilines is 1. The number of nitrogens with zero attached hydrogens (tertiary/aromatic N) is 3. The molecule has 0 radical (unpaired) electrons. The van der Waals surface area contributed by atoms with Crippen molar-refractivity contribution in [2.45, 2.75) is 38.3 Å². The summed E-state index contributed by atoms with van der Waals surface area (Å²) in [4.78, 5) is 33.0. The lowest BCUT2D eigenvalue weighted by molar-refractivity contribution is -0.116. The molecule has 2 rings (SSSR count). The first kappa shape index (κ1) is 19.7. The third-order valence-electron chi connectivity index (χ3n) is 3.71. The molecule has 1 aromatic carbocycles. The molecule has 1 aromatic heterocycles. The summed E-state index contributed by atoms with van der Waals surface area (Å²) in [6.07, 6.45) is 1.88. The van der Waals surface area contributed by atoms with E-state index in [2.05, 4.69) is 16.0 Å². The summed E-state index contributed by atoms with van der Waals surface area (Å²) in [6, 6.07) is 11.2. The van der Waals surface area contributed by atoms with Crippen molar-refractivity contribution in [2.75, 3.05) is 17.2 Å². The first-order valence-electron chi connectivity index (χ1n) is 8.50. The van der Waals surface area contributed by atoms with Crippen LogP contribution in [0.15, 0.2) is 40.3 Å². The number of thioether (sulfide) groups is 1. The molecular weight excluding hydrogens is 348 g/mol. The number of nitrogens with one attached hydrogen (secondary N) is 1. The zero-order valence-corrected chi connectivity index (χ0v) is 15.8. The first-order chi connectivity index (χ1) is 12.5. The SMILES string of the molecule is CCCc1cc(=O)[nH]c(SCC(=O)N(CCC#N)c2ccc(C)cc2)n1. The Kier molecular flexibility index (Phi) is 7.42. The zero-order chi connectivity index (χ0) is 18.9. The Labute approximate surface area is 157 Å². The van der Waals surface area contributed by atoms with E-state index in [0.717, 1.165) is 29.8 Å². The molecule has 0 aliphatic heterocycles. The van der Waals surface area contributed by atoms with Crippen LogP contribution < -0.4 is 10.5 Å². The zero-order valence-electron chi connectivity index (χ0n) is 15.0. The third-order valence-corrected chi connectivity index (χ3v) is 4.56. The van der Waals surface area contributed by atoms with Gasteiger partial charge in [0.15, 0.2) is 5.16 Å². The number of carbonyl (C=O) groups is 1. The molecule has 1 heterocycles. The van der Waals surface area contributed by atoms with Gasteiger partial charge in [-0.1, -0.05) is 42.8 Å². The van der Waals surface area contributed by atoms with Gasteiger partial charge < -0.3 is 9.88 Å². The molecule has 0 unspecified atom stereocenters. The fourth-order valence-corrected chi connectivity index (χ4v) is 3.20. The van der Waals surface area contributed by atoms with Crippen LogP contribution in [-0.4, -0.2) is 28.2 Å². The van der Waals surface area contributed by atoms with Crippen molar-refractivity contribution in [1.29, 1.82) is 5.26 Å². The molecule has 0 fully saturated rings. The molecule has 1 amide bonds. The molecule has 0 saturated heterocycles. The monoisotopic (exact) mass is 370 g/mol. The van der Waals surface area contributed by atoms with Crippen molar-refractivity contribution >= 4 is 23.4 Å². The number of amides is 1. The fourth-order valence-electron chi connectivity index (χ4n) is 2.43. The molecule has 0 aliphatic carbocycles. The van der Waals surface area contributed by atoms with Gasteiger partial charge in [-0.15, -0.1) is 0 Å². The van der Waals surface area contributed by atoms with Gasteiger partial charge in [0.1, 0.15) is 0 Å². The molecule has 0 spiro atoms. The van der Waals surface area contributed by atoms with E-state index in [-0.39, 0.29) is 23.6 Å². The highest BCUT2D eigenvalue weighted by Crippen LogP contribution is 2.19. The molecule has 2 aromatic rings. The van der Waals surface area contributed by atoms with Gasteiger partial charge in [0.2, 0.25) is 5.91 Å². The second-order valence-electron chi connectivity index (χ2n) is 5.87. The highest BCUT2D eigenvalue weighted by Gasteiger charge is 2.16. The van der Waals surface area contributed by atoms with Gasteiger partial charge in [-0.2, -0.15) is 5.26 Å². The number of aromatic nitrogens is 2. The summed E-state index contributed by atoms with van der Waals surface area (Å²) < 4.78 is 0. The van der Waals surface area contributed by atoms with E-state index >= 15 is 0 Å². The highest BCUT2D eigenvalue weighted by molar-refractivity contribution is 7.99. The van der Waals surface area contributed by atoms with Gasteiger partial charge in [-0.25, -0.2) is 4.98 Å². The minimum Gasteiger partial charge on any atom is -0.311 e. The summed E-state index contributed by atoms with van der Waals surface area (Å²) in [5, 5.41) is 9.31. The quantitative estimate of drug-likeness (QED) is 0.570. The predicted octanol–water partition coefficient (Wildman–Crippen LogP) is 3.07. The van der Waals surface area contributed by atoms with Crippen LogP contribution in [0, 0.1) is 18.3 Å². The number of benzene rings is 1. The van der Waals surface area contributed by atoms with E-state index in [1.54, 1.807) is 4.90 Å². The summed E-state index contributed by atoms with van der Waals surface area (Å²) in [6.45, 7) is 4.33. The number of hydrogen-bond donors (Lipinski definition) is 1. The molecule has 0 atom stereocenters. The number of aromatic amines is 1. The van der Waals surface area contributed by atoms with Crippen molar-refractivity contribution in [3.05, 3.63) is 51.9 Å². The lowest BCUT2D eigenvalue weighted by Gasteiger charge is -2.21. The van der Waals surface area contributed by atoms with Crippen molar-refractivity contribution in [2.24, 2.45) is 0 Å². The van der Waals surface area contributed by atoms with Crippen LogP contribution in [0.1, 0.15) is 31.0 Å². The Morgan fingerprint density at radius 1 is 1.35 bits per heavy atom. The van der Waals surface area contributed by atoms with E-state index in [0.29, 0.717) is 11.7 Å². The van der Waals surface area contributed by atoms with Crippen LogP contribution in [-0.2, 0) is 11.2 Å². The van der Waals surface area contributed by atoms with Crippen LogP contribution in [0.5, 0.6) is 0 Å². The van der Waals surface area contributed by atoms with E-state index in [4.69, 9.17) is 5.26 Å². The van der Waals surface area contributed by atoms with Crippen LogP contribution in [0.2, 0.25) is 0 Å². The lowest BCUT2D eigenvalue weighted by atomic mass is 10.2. The normalized spacial score (nSPS) is 10.3. The van der Waals surface area contributed by atoms with Crippen molar-refractivity contribution in [3.8, 4) is 6.07 Å². The molecule has 7 heteroatoms. The number of nitriles is 1. The van der Waals surface area contributed by atoms with Crippen LogP contribution in [0.25, 0.3) is 0 Å². The molecule has 0 aliphatic rings. The molecule has 136 valence electrons. The standard InChI is InChI=1S/C19H22N4O2S/c1-3-5-15-12-17(24)22-19(21-15)26-13-18(25)23(11-4-10-20)16-8-6-14(2)7-9-16/h6-9,12H,3-5,11,13H2,1-2H3,(H,21,22,24). The highest BCUT2D eigenvalue weighted by atomic mass is 32.2. The summed E-state index contributed by atoms with van der Waals surface area (Å²) >= 11 is 1.20. The molecule has 26 heavy (non-hydrogen) atoms. The van der Waals surface area contributed by atoms with Gasteiger partial charge in [0.25, 0.3) is 5.56 Å². The largest absolute Gasteiger partial charge is 0.311 e. The lowest BCUT2D eigenvalue weighted by Crippen LogP contribution is -2.33. The van der Waals surface area contributed by atoms with Crippen LogP contribution in [0.3, 0.4) is 0 Å². The van der Waals surface area contributed by atoms with Gasteiger partial charge in [-0.3, -0.25) is 9.59 Å². The number of hydrogen-bond acceptors (Lipinski definition) is 5. The maximum absolute atomic E-state index is 12.7.